The monoisotopic (exact) mass is 363 g/mol. The third-order valence-corrected chi connectivity index (χ3v) is 4.91. The van der Waals surface area contributed by atoms with Gasteiger partial charge in [-0.05, 0) is 75.1 Å². The zero-order valence-corrected chi connectivity index (χ0v) is 16.2. The molecule has 1 saturated heterocycles. The van der Waals surface area contributed by atoms with E-state index < -0.39 is 0 Å². The Morgan fingerprint density at radius 1 is 1.44 bits per heavy atom. The van der Waals surface area contributed by atoms with Gasteiger partial charge in [0.1, 0.15) is 0 Å². The molecule has 1 fully saturated rings. The summed E-state index contributed by atoms with van der Waals surface area (Å²) in [6.45, 7) is 8.58. The van der Waals surface area contributed by atoms with E-state index in [4.69, 9.17) is 17.0 Å². The number of ether oxygens (including phenoxy) is 1. The smallest absolute Gasteiger partial charge is 0.338 e. The van der Waals surface area contributed by atoms with Crippen molar-refractivity contribution in [2.45, 2.75) is 33.1 Å². The fourth-order valence-corrected chi connectivity index (χ4v) is 3.48. The third kappa shape index (κ3) is 5.97. The largest absolute Gasteiger partial charge is 0.465 e. The van der Waals surface area contributed by atoms with Crippen LogP contribution in [0.1, 0.15) is 42.1 Å². The summed E-state index contributed by atoms with van der Waals surface area (Å²) >= 11 is 5.37. The quantitative estimate of drug-likeness (QED) is 0.460. The maximum Gasteiger partial charge on any atom is 0.338 e. The number of nitrogens with one attached hydrogen (secondary N) is 2. The molecule has 2 rings (SSSR count). The highest BCUT2D eigenvalue weighted by atomic mass is 32.1. The van der Waals surface area contributed by atoms with Crippen molar-refractivity contribution in [1.29, 1.82) is 0 Å². The van der Waals surface area contributed by atoms with Gasteiger partial charge in [-0.3, -0.25) is 0 Å². The van der Waals surface area contributed by atoms with Gasteiger partial charge in [0.05, 0.1) is 12.7 Å². The Bertz CT molecular complexity index is 606. The number of anilines is 1. The molecule has 6 heteroatoms. The molecule has 0 unspecified atom stereocenters. The average Bonchev–Trinajstić information content (AvgIpc) is 2.60. The maximum absolute atomic E-state index is 11.8. The van der Waals surface area contributed by atoms with Crippen LogP contribution in [0.2, 0.25) is 0 Å². The molecule has 0 aliphatic carbocycles. The van der Waals surface area contributed by atoms with Gasteiger partial charge in [-0.2, -0.15) is 0 Å². The molecule has 0 amide bonds. The molecule has 0 spiro atoms. The summed E-state index contributed by atoms with van der Waals surface area (Å²) in [5, 5.41) is 7.00. The van der Waals surface area contributed by atoms with Crippen LogP contribution in [0.15, 0.2) is 18.2 Å². The molecule has 1 aliphatic heterocycles. The number of benzene rings is 1. The Morgan fingerprint density at radius 3 is 2.96 bits per heavy atom. The maximum atomic E-state index is 11.8. The van der Waals surface area contributed by atoms with Gasteiger partial charge in [-0.15, -0.1) is 0 Å². The van der Waals surface area contributed by atoms with E-state index in [1.54, 1.807) is 6.07 Å². The highest BCUT2D eigenvalue weighted by Gasteiger charge is 2.15. The lowest BCUT2D eigenvalue weighted by molar-refractivity contribution is 0.0600. The summed E-state index contributed by atoms with van der Waals surface area (Å²) in [6.07, 6.45) is 3.73. The van der Waals surface area contributed by atoms with Crippen LogP contribution < -0.4 is 10.6 Å². The molecule has 0 radical (unpaired) electrons. The van der Waals surface area contributed by atoms with Crippen molar-refractivity contribution in [3.8, 4) is 0 Å². The van der Waals surface area contributed by atoms with E-state index in [2.05, 4.69) is 22.5 Å². The normalized spacial score (nSPS) is 17.8. The number of hydrogen-bond donors (Lipinski definition) is 2. The molecule has 1 aromatic carbocycles. The molecule has 0 aromatic heterocycles. The highest BCUT2D eigenvalue weighted by Crippen LogP contribution is 2.19. The summed E-state index contributed by atoms with van der Waals surface area (Å²) in [5.74, 6) is 0.477. The molecule has 1 aliphatic rings. The van der Waals surface area contributed by atoms with Gasteiger partial charge >= 0.3 is 5.97 Å². The van der Waals surface area contributed by atoms with Crippen LogP contribution in [-0.2, 0) is 4.74 Å². The average molecular weight is 364 g/mol. The van der Waals surface area contributed by atoms with Crippen LogP contribution in [0.4, 0.5) is 5.69 Å². The predicted molar refractivity (Wildman–Crippen MR) is 106 cm³/mol. The van der Waals surface area contributed by atoms with Gasteiger partial charge < -0.3 is 20.3 Å². The van der Waals surface area contributed by atoms with E-state index in [0.29, 0.717) is 10.7 Å². The number of rotatable bonds is 6. The van der Waals surface area contributed by atoms with Crippen LogP contribution in [0, 0.1) is 12.8 Å². The molecular formula is C19H29N3O2S. The zero-order chi connectivity index (χ0) is 18.2. The van der Waals surface area contributed by atoms with Gasteiger partial charge in [0.15, 0.2) is 5.11 Å². The molecule has 138 valence electrons. The Morgan fingerprint density at radius 2 is 2.24 bits per heavy atom. The van der Waals surface area contributed by atoms with E-state index in [1.165, 1.54) is 33.0 Å². The molecule has 25 heavy (non-hydrogen) atoms. The lowest BCUT2D eigenvalue weighted by Crippen LogP contribution is -2.37. The van der Waals surface area contributed by atoms with Gasteiger partial charge in [-0.1, -0.05) is 13.0 Å². The van der Waals surface area contributed by atoms with E-state index in [9.17, 15) is 4.79 Å². The molecule has 0 bridgehead atoms. The van der Waals surface area contributed by atoms with Gasteiger partial charge in [-0.25, -0.2) is 4.79 Å². The number of esters is 1. The van der Waals surface area contributed by atoms with Crippen LogP contribution in [-0.4, -0.2) is 49.3 Å². The fourth-order valence-electron chi connectivity index (χ4n) is 3.26. The number of methoxy groups -OCH3 is 1. The number of thiocarbonyl (C=S) groups is 1. The zero-order valence-electron chi connectivity index (χ0n) is 15.4. The minimum absolute atomic E-state index is 0.337. The molecule has 2 N–H and O–H groups in total. The second-order valence-corrected chi connectivity index (χ2v) is 7.16. The van der Waals surface area contributed by atoms with Gasteiger partial charge in [0, 0.05) is 18.8 Å². The number of likely N-dealkylation sites (tertiary alicyclic amines) is 1. The van der Waals surface area contributed by atoms with Crippen molar-refractivity contribution >= 4 is 29.0 Å². The number of hydrogen-bond acceptors (Lipinski definition) is 4. The Labute approximate surface area is 156 Å². The fraction of sp³-hybridized carbons (Fsp3) is 0.579. The number of nitrogens with zero attached hydrogens (tertiary/aromatic N) is 1. The van der Waals surface area contributed by atoms with E-state index >= 15 is 0 Å². The number of piperidine rings is 1. The molecule has 0 saturated carbocycles. The SMILES string of the molecule is COC(=O)c1cccc(NC(=S)NCCCN2CCC[C@H](C)C2)c1C. The number of carbonyl (C=O) groups excluding carboxylic acids is 1. The van der Waals surface area contributed by atoms with E-state index in [1.807, 2.05) is 19.1 Å². The van der Waals surface area contributed by atoms with Crippen molar-refractivity contribution in [2.75, 3.05) is 38.6 Å². The lowest BCUT2D eigenvalue weighted by atomic mass is 10.0. The molecular weight excluding hydrogens is 334 g/mol. The van der Waals surface area contributed by atoms with Crippen LogP contribution in [0.3, 0.4) is 0 Å². The second kappa shape index (κ2) is 9.73. The molecule has 1 atom stereocenters. The molecule has 1 aromatic rings. The van der Waals surface area contributed by atoms with Crippen molar-refractivity contribution in [2.24, 2.45) is 5.92 Å². The lowest BCUT2D eigenvalue weighted by Gasteiger charge is -2.30. The first-order valence-corrected chi connectivity index (χ1v) is 9.37. The topological polar surface area (TPSA) is 53.6 Å². The minimum Gasteiger partial charge on any atom is -0.465 e. The first kappa shape index (κ1) is 19.7. The summed E-state index contributed by atoms with van der Waals surface area (Å²) in [5.41, 5.74) is 2.21. The van der Waals surface area contributed by atoms with Gasteiger partial charge in [0.2, 0.25) is 0 Å². The summed E-state index contributed by atoms with van der Waals surface area (Å²) in [6, 6.07) is 5.48. The standard InChI is InChI=1S/C19H29N3O2S/c1-14-7-5-11-22(13-14)12-6-10-20-19(25)21-17-9-4-8-16(15(17)2)18(23)24-3/h4,8-9,14H,5-7,10-13H2,1-3H3,(H2,20,21,25)/t14-/m0/s1. The third-order valence-electron chi connectivity index (χ3n) is 4.67. The Kier molecular flexibility index (Phi) is 7.65. The first-order valence-electron chi connectivity index (χ1n) is 8.96. The van der Waals surface area contributed by atoms with Crippen molar-refractivity contribution in [3.63, 3.8) is 0 Å². The van der Waals surface area contributed by atoms with Gasteiger partial charge in [0.25, 0.3) is 0 Å². The van der Waals surface area contributed by atoms with Crippen LogP contribution >= 0.6 is 12.2 Å². The Hall–Kier alpha value is -1.66. The van der Waals surface area contributed by atoms with Crippen LogP contribution in [0.5, 0.6) is 0 Å². The van der Waals surface area contributed by atoms with Crippen LogP contribution in [0.25, 0.3) is 0 Å². The summed E-state index contributed by atoms with van der Waals surface area (Å²) in [7, 11) is 1.39. The predicted octanol–water partition coefficient (Wildman–Crippen LogP) is 3.19. The summed E-state index contributed by atoms with van der Waals surface area (Å²) < 4.78 is 4.80. The number of carbonyl (C=O) groups is 1. The second-order valence-electron chi connectivity index (χ2n) is 6.75. The Balaban J connectivity index is 1.76. The highest BCUT2D eigenvalue weighted by molar-refractivity contribution is 7.80. The first-order chi connectivity index (χ1) is 12.0. The van der Waals surface area contributed by atoms with E-state index in [0.717, 1.165) is 36.7 Å². The molecule has 1 heterocycles. The minimum atomic E-state index is -0.337. The van der Waals surface area contributed by atoms with Crippen molar-refractivity contribution in [1.82, 2.24) is 10.2 Å². The van der Waals surface area contributed by atoms with Crippen molar-refractivity contribution < 1.29 is 9.53 Å². The molecule has 5 nitrogen and oxygen atoms in total. The summed E-state index contributed by atoms with van der Waals surface area (Å²) in [4.78, 5) is 14.3. The van der Waals surface area contributed by atoms with E-state index in [-0.39, 0.29) is 5.97 Å². The van der Waals surface area contributed by atoms with Crippen molar-refractivity contribution in [3.05, 3.63) is 29.3 Å².